The topological polar surface area (TPSA) is 18.5 Å². The van der Waals surface area contributed by atoms with Gasteiger partial charge < -0.3 is 9.47 Å². The van der Waals surface area contributed by atoms with Crippen molar-refractivity contribution in [3.8, 4) is 0 Å². The van der Waals surface area contributed by atoms with Crippen molar-refractivity contribution in [3.63, 3.8) is 0 Å². The molecular formula is C8H18NO2+. The maximum absolute atomic E-state index is 5.31. The van der Waals surface area contributed by atoms with Crippen LogP contribution in [0.4, 0.5) is 0 Å². The molecule has 0 amide bonds. The third-order valence-corrected chi connectivity index (χ3v) is 2.16. The normalized spacial score (nSPS) is 31.1. The zero-order chi connectivity index (χ0) is 8.16. The average Bonchev–Trinajstić information content (AvgIpc) is 2.38. The largest absolute Gasteiger partial charge is 0.376 e. The van der Waals surface area contributed by atoms with Gasteiger partial charge in [0, 0.05) is 6.61 Å². The van der Waals surface area contributed by atoms with E-state index in [9.17, 15) is 0 Å². The van der Waals surface area contributed by atoms with E-state index in [1.165, 1.54) is 0 Å². The van der Waals surface area contributed by atoms with Crippen LogP contribution < -0.4 is 0 Å². The minimum absolute atomic E-state index is 0.820. The molecule has 0 N–H and O–H groups in total. The predicted octanol–water partition coefficient (Wildman–Crippen LogP) is 0.457. The van der Waals surface area contributed by atoms with E-state index in [0.717, 1.165) is 44.1 Å². The van der Waals surface area contributed by atoms with Crippen molar-refractivity contribution in [2.45, 2.75) is 6.92 Å². The maximum Gasteiger partial charge on any atom is 0.183 e. The van der Waals surface area contributed by atoms with Crippen LogP contribution in [0.25, 0.3) is 0 Å². The lowest BCUT2D eigenvalue weighted by Crippen LogP contribution is -2.43. The Bertz CT molecular complexity index is 111. The summed E-state index contributed by atoms with van der Waals surface area (Å²) in [6.07, 6.45) is 0. The first kappa shape index (κ1) is 8.97. The van der Waals surface area contributed by atoms with Crippen LogP contribution in [0, 0.1) is 0 Å². The summed E-state index contributed by atoms with van der Waals surface area (Å²) in [5, 5.41) is 0. The van der Waals surface area contributed by atoms with Crippen LogP contribution in [0.3, 0.4) is 0 Å². The summed E-state index contributed by atoms with van der Waals surface area (Å²) < 4.78 is 11.6. The van der Waals surface area contributed by atoms with E-state index in [2.05, 4.69) is 7.05 Å². The smallest absolute Gasteiger partial charge is 0.183 e. The zero-order valence-electron chi connectivity index (χ0n) is 7.51. The van der Waals surface area contributed by atoms with Crippen LogP contribution in [-0.4, -0.2) is 51.2 Å². The predicted molar refractivity (Wildman–Crippen MR) is 43.2 cm³/mol. The number of rotatable bonds is 4. The number of hydrogen-bond acceptors (Lipinski definition) is 2. The Morgan fingerprint density at radius 1 is 1.55 bits per heavy atom. The summed E-state index contributed by atoms with van der Waals surface area (Å²) in [6, 6.07) is 0. The molecule has 0 aromatic carbocycles. The molecule has 0 bridgehead atoms. The van der Waals surface area contributed by atoms with Gasteiger partial charge in [-0.15, -0.1) is 0 Å². The molecular weight excluding hydrogens is 142 g/mol. The molecule has 1 aliphatic heterocycles. The average molecular weight is 160 g/mol. The summed E-state index contributed by atoms with van der Waals surface area (Å²) in [6.45, 7) is 7.67. The molecule has 3 nitrogen and oxygen atoms in total. The Morgan fingerprint density at radius 3 is 2.91 bits per heavy atom. The molecule has 1 saturated heterocycles. The quantitative estimate of drug-likeness (QED) is 0.439. The highest BCUT2D eigenvalue weighted by atomic mass is 16.5. The van der Waals surface area contributed by atoms with E-state index in [0.29, 0.717) is 0 Å². The van der Waals surface area contributed by atoms with Gasteiger partial charge in [0.05, 0.1) is 13.7 Å². The Labute approximate surface area is 68.5 Å². The fourth-order valence-electron chi connectivity index (χ4n) is 1.24. The summed E-state index contributed by atoms with van der Waals surface area (Å²) in [5.74, 6) is 0. The van der Waals surface area contributed by atoms with Gasteiger partial charge in [-0.05, 0) is 6.92 Å². The fraction of sp³-hybridized carbons (Fsp3) is 1.00. The number of likely N-dealkylation sites (N-methyl/N-ethyl adjacent to an activating group) is 1. The second kappa shape index (κ2) is 4.04. The molecule has 1 heterocycles. The third kappa shape index (κ3) is 2.77. The van der Waals surface area contributed by atoms with Crippen molar-refractivity contribution >= 4 is 0 Å². The Hall–Kier alpha value is -0.120. The highest BCUT2D eigenvalue weighted by molar-refractivity contribution is 4.41. The molecule has 1 rings (SSSR count). The second-order valence-corrected chi connectivity index (χ2v) is 3.30. The van der Waals surface area contributed by atoms with Crippen molar-refractivity contribution in [1.82, 2.24) is 0 Å². The van der Waals surface area contributed by atoms with Crippen molar-refractivity contribution in [2.75, 3.05) is 46.7 Å². The number of ether oxygens (including phenoxy) is 2. The van der Waals surface area contributed by atoms with Gasteiger partial charge in [0.2, 0.25) is 0 Å². The molecule has 1 fully saturated rings. The van der Waals surface area contributed by atoms with Gasteiger partial charge in [-0.25, -0.2) is 0 Å². The summed E-state index contributed by atoms with van der Waals surface area (Å²) in [7, 11) is 2.21. The molecule has 1 atom stereocenters. The van der Waals surface area contributed by atoms with Crippen molar-refractivity contribution in [2.24, 2.45) is 0 Å². The van der Waals surface area contributed by atoms with Crippen LogP contribution in [0.15, 0.2) is 0 Å². The Morgan fingerprint density at radius 2 is 2.36 bits per heavy atom. The van der Waals surface area contributed by atoms with Gasteiger partial charge in [0.15, 0.2) is 6.73 Å². The van der Waals surface area contributed by atoms with Gasteiger partial charge >= 0.3 is 0 Å². The van der Waals surface area contributed by atoms with E-state index in [4.69, 9.17) is 9.47 Å². The lowest BCUT2D eigenvalue weighted by atomic mass is 10.4. The molecule has 0 aromatic rings. The highest BCUT2D eigenvalue weighted by Gasteiger charge is 2.26. The monoisotopic (exact) mass is 160 g/mol. The van der Waals surface area contributed by atoms with Gasteiger partial charge in [-0.1, -0.05) is 0 Å². The van der Waals surface area contributed by atoms with E-state index in [-0.39, 0.29) is 0 Å². The maximum atomic E-state index is 5.31. The molecule has 0 radical (unpaired) electrons. The minimum Gasteiger partial charge on any atom is -0.376 e. The number of nitrogens with zero attached hydrogens (tertiary/aromatic N) is 1. The van der Waals surface area contributed by atoms with Gasteiger partial charge in [-0.2, -0.15) is 0 Å². The van der Waals surface area contributed by atoms with Crippen molar-refractivity contribution in [1.29, 1.82) is 0 Å². The van der Waals surface area contributed by atoms with Crippen LogP contribution in [-0.2, 0) is 9.47 Å². The van der Waals surface area contributed by atoms with Crippen LogP contribution in [0.1, 0.15) is 6.92 Å². The SMILES string of the molecule is CCOCC[N+]1(C)CCOC1. The van der Waals surface area contributed by atoms with Gasteiger partial charge in [0.25, 0.3) is 0 Å². The van der Waals surface area contributed by atoms with Crippen molar-refractivity contribution in [3.05, 3.63) is 0 Å². The van der Waals surface area contributed by atoms with Crippen LogP contribution in [0.2, 0.25) is 0 Å². The van der Waals surface area contributed by atoms with E-state index in [1.54, 1.807) is 0 Å². The minimum atomic E-state index is 0.820. The summed E-state index contributed by atoms with van der Waals surface area (Å²) in [4.78, 5) is 0. The van der Waals surface area contributed by atoms with Crippen molar-refractivity contribution < 1.29 is 14.0 Å². The summed E-state index contributed by atoms with van der Waals surface area (Å²) in [5.41, 5.74) is 0. The molecule has 66 valence electrons. The molecule has 1 aliphatic rings. The van der Waals surface area contributed by atoms with Crippen LogP contribution >= 0.6 is 0 Å². The molecule has 11 heavy (non-hydrogen) atoms. The van der Waals surface area contributed by atoms with Gasteiger partial charge in [0.1, 0.15) is 19.7 Å². The fourth-order valence-corrected chi connectivity index (χ4v) is 1.24. The molecule has 0 aliphatic carbocycles. The molecule has 0 spiro atoms. The molecule has 3 heteroatoms. The molecule has 1 unspecified atom stereocenters. The third-order valence-electron chi connectivity index (χ3n) is 2.16. The Balaban J connectivity index is 2.13. The van der Waals surface area contributed by atoms with E-state index in [1.807, 2.05) is 6.92 Å². The lowest BCUT2D eigenvalue weighted by molar-refractivity contribution is -0.906. The number of quaternary nitrogens is 1. The summed E-state index contributed by atoms with van der Waals surface area (Å²) >= 11 is 0. The Kier molecular flexibility index (Phi) is 3.30. The highest BCUT2D eigenvalue weighted by Crippen LogP contribution is 2.08. The first-order valence-corrected chi connectivity index (χ1v) is 4.26. The first-order valence-electron chi connectivity index (χ1n) is 4.26. The molecule has 0 saturated carbocycles. The standard InChI is InChI=1S/C8H18NO2/c1-3-10-6-4-9(2)5-7-11-8-9/h3-8H2,1-2H3/q+1. The van der Waals surface area contributed by atoms with E-state index < -0.39 is 0 Å². The van der Waals surface area contributed by atoms with Crippen LogP contribution in [0.5, 0.6) is 0 Å². The molecule has 0 aromatic heterocycles. The van der Waals surface area contributed by atoms with Gasteiger partial charge in [-0.3, -0.25) is 4.48 Å². The lowest BCUT2D eigenvalue weighted by Gasteiger charge is -2.26. The van der Waals surface area contributed by atoms with E-state index >= 15 is 0 Å². The zero-order valence-corrected chi connectivity index (χ0v) is 7.51. The second-order valence-electron chi connectivity index (χ2n) is 3.30. The number of hydrogen-bond donors (Lipinski definition) is 0. The first-order chi connectivity index (χ1) is 5.27.